The van der Waals surface area contributed by atoms with E-state index in [1.807, 2.05) is 12.1 Å². The van der Waals surface area contributed by atoms with E-state index in [4.69, 9.17) is 10.00 Å². The summed E-state index contributed by atoms with van der Waals surface area (Å²) < 4.78 is 5.04. The first-order valence-corrected chi connectivity index (χ1v) is 5.18. The highest BCUT2D eigenvalue weighted by atomic mass is 16.6. The number of pyridine rings is 1. The molecule has 0 radical (unpaired) electrons. The minimum atomic E-state index is -0.615. The molecule has 5 heteroatoms. The Balaban J connectivity index is 2.01. The van der Waals surface area contributed by atoms with Crippen LogP contribution in [0.3, 0.4) is 0 Å². The summed E-state index contributed by atoms with van der Waals surface area (Å²) >= 11 is 0. The van der Waals surface area contributed by atoms with Crippen molar-refractivity contribution in [2.45, 2.75) is 0 Å². The van der Waals surface area contributed by atoms with Crippen LogP contribution in [0.25, 0.3) is 0 Å². The van der Waals surface area contributed by atoms with Crippen molar-refractivity contribution in [2.24, 2.45) is 0 Å². The van der Waals surface area contributed by atoms with E-state index in [0.29, 0.717) is 11.4 Å². The molecule has 0 aliphatic rings. The number of nitriles is 1. The third-order valence-corrected chi connectivity index (χ3v) is 2.07. The summed E-state index contributed by atoms with van der Waals surface area (Å²) in [6.45, 7) is 0. The van der Waals surface area contributed by atoms with Gasteiger partial charge in [0.2, 0.25) is 0 Å². The third-order valence-electron chi connectivity index (χ3n) is 2.07. The number of nitrogens with zero attached hydrogens (tertiary/aromatic N) is 2. The summed E-state index contributed by atoms with van der Waals surface area (Å²) in [4.78, 5) is 15.3. The predicted molar refractivity (Wildman–Crippen MR) is 65.0 cm³/mol. The Morgan fingerprint density at radius 2 is 2.06 bits per heavy atom. The second-order valence-electron chi connectivity index (χ2n) is 3.37. The molecular formula is C13H9N3O2. The highest BCUT2D eigenvalue weighted by Crippen LogP contribution is 2.11. The van der Waals surface area contributed by atoms with Crippen LogP contribution in [0, 0.1) is 11.3 Å². The summed E-state index contributed by atoms with van der Waals surface area (Å²) in [6.07, 6.45) is 0.827. The summed E-state index contributed by atoms with van der Waals surface area (Å²) in [5.74, 6) is 0.449. The molecule has 1 aromatic heterocycles. The van der Waals surface area contributed by atoms with E-state index in [9.17, 15) is 4.79 Å². The number of carbonyl (C=O) groups is 1. The van der Waals surface area contributed by atoms with E-state index in [1.165, 1.54) is 12.3 Å². The van der Waals surface area contributed by atoms with Crippen molar-refractivity contribution in [3.8, 4) is 11.8 Å². The second-order valence-corrected chi connectivity index (χ2v) is 3.37. The lowest BCUT2D eigenvalue weighted by molar-refractivity contribution is 0.215. The van der Waals surface area contributed by atoms with Crippen molar-refractivity contribution in [1.82, 2.24) is 4.98 Å². The van der Waals surface area contributed by atoms with Crippen molar-refractivity contribution in [3.63, 3.8) is 0 Å². The lowest BCUT2D eigenvalue weighted by atomic mass is 10.3. The molecule has 0 unspecified atom stereocenters. The number of benzene rings is 1. The normalized spacial score (nSPS) is 9.28. The maximum absolute atomic E-state index is 11.5. The van der Waals surface area contributed by atoms with Crippen molar-refractivity contribution < 1.29 is 9.53 Å². The number of amides is 1. The van der Waals surface area contributed by atoms with Crippen molar-refractivity contribution >= 4 is 11.8 Å². The summed E-state index contributed by atoms with van der Waals surface area (Å²) in [6, 6.07) is 13.6. The Labute approximate surface area is 104 Å². The minimum absolute atomic E-state index is 0.229. The number of para-hydroxylation sites is 1. The molecule has 5 nitrogen and oxygen atoms in total. The Morgan fingerprint density at radius 1 is 1.28 bits per heavy atom. The fraction of sp³-hybridized carbons (Fsp3) is 0. The first-order valence-electron chi connectivity index (χ1n) is 5.18. The van der Waals surface area contributed by atoms with Gasteiger partial charge in [0.05, 0.1) is 0 Å². The molecular weight excluding hydrogens is 230 g/mol. The van der Waals surface area contributed by atoms with Gasteiger partial charge in [-0.1, -0.05) is 18.2 Å². The van der Waals surface area contributed by atoms with E-state index >= 15 is 0 Å². The SMILES string of the molecule is N#Cc1cc(NC(=O)Oc2ccccc2)ccn1. The van der Waals surface area contributed by atoms with Gasteiger partial charge in [0.1, 0.15) is 17.5 Å². The molecule has 0 bridgehead atoms. The average Bonchev–Trinajstić information content (AvgIpc) is 2.40. The molecule has 0 saturated carbocycles. The van der Waals surface area contributed by atoms with E-state index in [2.05, 4.69) is 10.3 Å². The van der Waals surface area contributed by atoms with Crippen LogP contribution in [0.15, 0.2) is 48.7 Å². The molecule has 1 aromatic carbocycles. The maximum atomic E-state index is 11.5. The largest absolute Gasteiger partial charge is 0.417 e. The summed E-state index contributed by atoms with van der Waals surface area (Å²) in [5, 5.41) is 11.2. The highest BCUT2D eigenvalue weighted by Gasteiger charge is 2.05. The number of hydrogen-bond acceptors (Lipinski definition) is 4. The van der Waals surface area contributed by atoms with Gasteiger partial charge in [0, 0.05) is 11.9 Å². The van der Waals surface area contributed by atoms with Crippen molar-refractivity contribution in [1.29, 1.82) is 5.26 Å². The van der Waals surface area contributed by atoms with Gasteiger partial charge in [-0.15, -0.1) is 0 Å². The Hall–Kier alpha value is -2.87. The van der Waals surface area contributed by atoms with Gasteiger partial charge in [-0.05, 0) is 24.3 Å². The molecule has 2 aromatic rings. The van der Waals surface area contributed by atoms with Crippen LogP contribution < -0.4 is 10.1 Å². The molecule has 1 heterocycles. The number of carbonyl (C=O) groups excluding carboxylic acids is 1. The van der Waals surface area contributed by atoms with Gasteiger partial charge < -0.3 is 4.74 Å². The van der Waals surface area contributed by atoms with E-state index in [1.54, 1.807) is 30.3 Å². The Bertz CT molecular complexity index is 591. The number of ether oxygens (including phenoxy) is 1. The van der Waals surface area contributed by atoms with Crippen LogP contribution >= 0.6 is 0 Å². The van der Waals surface area contributed by atoms with Crippen molar-refractivity contribution in [3.05, 3.63) is 54.4 Å². The van der Waals surface area contributed by atoms with Crippen LogP contribution in [0.1, 0.15) is 5.69 Å². The lowest BCUT2D eigenvalue weighted by Gasteiger charge is -2.06. The summed E-state index contributed by atoms with van der Waals surface area (Å²) in [7, 11) is 0. The zero-order chi connectivity index (χ0) is 12.8. The zero-order valence-electron chi connectivity index (χ0n) is 9.33. The number of hydrogen-bond donors (Lipinski definition) is 1. The predicted octanol–water partition coefficient (Wildman–Crippen LogP) is 2.56. The third kappa shape index (κ3) is 3.06. The van der Waals surface area contributed by atoms with Gasteiger partial charge in [0.25, 0.3) is 0 Å². The molecule has 0 aliphatic heterocycles. The Kier molecular flexibility index (Phi) is 3.52. The number of anilines is 1. The smallest absolute Gasteiger partial charge is 0.410 e. The first kappa shape index (κ1) is 11.6. The second kappa shape index (κ2) is 5.46. The average molecular weight is 239 g/mol. The highest BCUT2D eigenvalue weighted by molar-refractivity contribution is 5.86. The number of nitrogens with one attached hydrogen (secondary N) is 1. The monoisotopic (exact) mass is 239 g/mol. The first-order chi connectivity index (χ1) is 8.78. The topological polar surface area (TPSA) is 75.0 Å². The van der Waals surface area contributed by atoms with Crippen molar-refractivity contribution in [2.75, 3.05) is 5.32 Å². The molecule has 0 atom stereocenters. The molecule has 88 valence electrons. The molecule has 1 N–H and O–H groups in total. The molecule has 0 aliphatic carbocycles. The number of rotatable bonds is 2. The fourth-order valence-corrected chi connectivity index (χ4v) is 1.31. The molecule has 1 amide bonds. The van der Waals surface area contributed by atoms with Gasteiger partial charge in [-0.2, -0.15) is 5.26 Å². The molecule has 0 saturated heterocycles. The lowest BCUT2D eigenvalue weighted by Crippen LogP contribution is -2.16. The molecule has 2 rings (SSSR count). The Morgan fingerprint density at radius 3 is 2.78 bits per heavy atom. The fourth-order valence-electron chi connectivity index (χ4n) is 1.31. The number of aromatic nitrogens is 1. The van der Waals surface area contributed by atoms with E-state index in [-0.39, 0.29) is 5.69 Å². The van der Waals surface area contributed by atoms with E-state index < -0.39 is 6.09 Å². The van der Waals surface area contributed by atoms with Crippen LogP contribution in [-0.4, -0.2) is 11.1 Å². The maximum Gasteiger partial charge on any atom is 0.417 e. The quantitative estimate of drug-likeness (QED) is 0.873. The standard InChI is InChI=1S/C13H9N3O2/c14-9-11-8-10(6-7-15-11)16-13(17)18-12-4-2-1-3-5-12/h1-8H,(H,15,16,17). The molecule has 0 spiro atoms. The van der Waals surface area contributed by atoms with Gasteiger partial charge in [-0.3, -0.25) is 5.32 Å². The molecule has 0 fully saturated rings. The minimum Gasteiger partial charge on any atom is -0.410 e. The van der Waals surface area contributed by atoms with Gasteiger partial charge in [0.15, 0.2) is 0 Å². The van der Waals surface area contributed by atoms with Crippen LogP contribution in [0.4, 0.5) is 10.5 Å². The van der Waals surface area contributed by atoms with Gasteiger partial charge in [-0.25, -0.2) is 9.78 Å². The zero-order valence-corrected chi connectivity index (χ0v) is 9.33. The molecule has 18 heavy (non-hydrogen) atoms. The summed E-state index contributed by atoms with van der Waals surface area (Å²) in [5.41, 5.74) is 0.690. The van der Waals surface area contributed by atoms with Crippen LogP contribution in [0.2, 0.25) is 0 Å². The van der Waals surface area contributed by atoms with E-state index in [0.717, 1.165) is 0 Å². The van der Waals surface area contributed by atoms with Crippen LogP contribution in [-0.2, 0) is 0 Å². The van der Waals surface area contributed by atoms with Gasteiger partial charge >= 0.3 is 6.09 Å². The van der Waals surface area contributed by atoms with Crippen LogP contribution in [0.5, 0.6) is 5.75 Å².